The molecule has 0 bridgehead atoms. The van der Waals surface area contributed by atoms with Crippen LogP contribution in [0.15, 0.2) is 55.0 Å². The average molecular weight is 381 g/mol. The first kappa shape index (κ1) is 16.4. The summed E-state index contributed by atoms with van der Waals surface area (Å²) < 4.78 is 0. The lowest BCUT2D eigenvalue weighted by atomic mass is 10.1. The minimum atomic E-state index is 0.705. The van der Waals surface area contributed by atoms with E-state index in [4.69, 9.17) is 9.97 Å². The molecule has 0 radical (unpaired) electrons. The number of hydrogen-bond acceptors (Lipinski definition) is 6. The third-order valence-corrected chi connectivity index (χ3v) is 5.54. The molecule has 0 unspecified atom stereocenters. The Kier molecular flexibility index (Phi) is 3.67. The minimum Gasteiger partial charge on any atom is -0.353 e. The number of nitrogens with one attached hydrogen (secondary N) is 2. The van der Waals surface area contributed by atoms with Crippen LogP contribution in [0.5, 0.6) is 0 Å². The van der Waals surface area contributed by atoms with Gasteiger partial charge in [0.15, 0.2) is 5.82 Å². The maximum atomic E-state index is 5.05. The Morgan fingerprint density at radius 1 is 0.897 bits per heavy atom. The zero-order valence-corrected chi connectivity index (χ0v) is 15.8. The molecule has 1 aliphatic rings. The second-order valence-electron chi connectivity index (χ2n) is 7.25. The molecule has 4 aromatic heterocycles. The summed E-state index contributed by atoms with van der Waals surface area (Å²) in [6.45, 7) is 3.75. The van der Waals surface area contributed by atoms with Gasteiger partial charge >= 0.3 is 0 Å². The Labute approximate surface area is 166 Å². The van der Waals surface area contributed by atoms with Crippen molar-refractivity contribution in [3.63, 3.8) is 0 Å². The van der Waals surface area contributed by atoms with Gasteiger partial charge in [-0.2, -0.15) is 0 Å². The summed E-state index contributed by atoms with van der Waals surface area (Å²) in [5, 5.41) is 6.63. The maximum Gasteiger partial charge on any atom is 0.163 e. The van der Waals surface area contributed by atoms with Crippen LogP contribution in [0.25, 0.3) is 44.2 Å². The number of rotatable bonds is 2. The zero-order chi connectivity index (χ0) is 19.2. The summed E-state index contributed by atoms with van der Waals surface area (Å²) in [6.07, 6.45) is 5.44. The van der Waals surface area contributed by atoms with Crippen LogP contribution in [0.1, 0.15) is 0 Å². The number of para-hydroxylation sites is 1. The van der Waals surface area contributed by atoms with Gasteiger partial charge in [-0.3, -0.25) is 4.98 Å². The molecule has 5 heterocycles. The fraction of sp³-hybridized carbons (Fsp3) is 0.182. The van der Waals surface area contributed by atoms with Crippen LogP contribution in [0, 0.1) is 0 Å². The molecule has 1 fully saturated rings. The molecule has 5 aromatic rings. The average Bonchev–Trinajstić information content (AvgIpc) is 3.18. The van der Waals surface area contributed by atoms with Crippen LogP contribution in [-0.2, 0) is 0 Å². The lowest BCUT2D eigenvalue weighted by Crippen LogP contribution is -2.44. The molecule has 29 heavy (non-hydrogen) atoms. The van der Waals surface area contributed by atoms with Gasteiger partial charge < -0.3 is 15.2 Å². The van der Waals surface area contributed by atoms with Crippen LogP contribution in [0.3, 0.4) is 0 Å². The summed E-state index contributed by atoms with van der Waals surface area (Å²) in [7, 11) is 0. The molecular formula is C22H19N7. The number of hydrogen-bond donors (Lipinski definition) is 2. The standard InChI is InChI=1S/C22H19N7/c1-2-4-17-14(3-1)19-16(6-8-25-21(19)26-17)20-27-18-13-24-7-5-15(18)22(28-20)29-11-9-23-10-12-29/h1-8,13,23H,9-12H2,(H,25,26). The van der Waals surface area contributed by atoms with Gasteiger partial charge in [0, 0.05) is 65.8 Å². The number of fused-ring (bicyclic) bond motifs is 4. The second-order valence-corrected chi connectivity index (χ2v) is 7.25. The highest BCUT2D eigenvalue weighted by atomic mass is 15.2. The van der Waals surface area contributed by atoms with Crippen molar-refractivity contribution in [2.45, 2.75) is 0 Å². The minimum absolute atomic E-state index is 0.705. The van der Waals surface area contributed by atoms with Crippen LogP contribution in [-0.4, -0.2) is 51.1 Å². The first-order valence-electron chi connectivity index (χ1n) is 9.82. The molecule has 0 atom stereocenters. The summed E-state index contributed by atoms with van der Waals surface area (Å²) in [5.74, 6) is 1.68. The summed E-state index contributed by atoms with van der Waals surface area (Å²) in [4.78, 5) is 24.5. The van der Waals surface area contributed by atoms with E-state index in [0.29, 0.717) is 5.82 Å². The number of aromatic amines is 1. The second kappa shape index (κ2) is 6.49. The van der Waals surface area contributed by atoms with Crippen molar-refractivity contribution in [3.8, 4) is 11.4 Å². The van der Waals surface area contributed by atoms with E-state index in [0.717, 1.165) is 70.4 Å². The number of anilines is 1. The lowest BCUT2D eigenvalue weighted by molar-refractivity contribution is 0.586. The van der Waals surface area contributed by atoms with Crippen molar-refractivity contribution in [1.82, 2.24) is 30.2 Å². The highest BCUT2D eigenvalue weighted by molar-refractivity contribution is 6.12. The Bertz CT molecular complexity index is 1350. The molecule has 1 aliphatic heterocycles. The smallest absolute Gasteiger partial charge is 0.163 e. The molecule has 0 saturated carbocycles. The Balaban J connectivity index is 1.64. The normalized spacial score (nSPS) is 14.8. The molecular weight excluding hydrogens is 362 g/mol. The van der Waals surface area contributed by atoms with E-state index >= 15 is 0 Å². The van der Waals surface area contributed by atoms with E-state index < -0.39 is 0 Å². The molecule has 1 saturated heterocycles. The maximum absolute atomic E-state index is 5.05. The van der Waals surface area contributed by atoms with E-state index in [-0.39, 0.29) is 0 Å². The number of nitrogens with zero attached hydrogens (tertiary/aromatic N) is 5. The Morgan fingerprint density at radius 3 is 2.72 bits per heavy atom. The summed E-state index contributed by atoms with van der Waals surface area (Å²) >= 11 is 0. The quantitative estimate of drug-likeness (QED) is 0.489. The van der Waals surface area contributed by atoms with Gasteiger partial charge in [0.05, 0.1) is 11.7 Å². The number of benzene rings is 1. The molecule has 0 amide bonds. The first-order valence-corrected chi connectivity index (χ1v) is 9.82. The number of aromatic nitrogens is 5. The molecule has 7 heteroatoms. The monoisotopic (exact) mass is 381 g/mol. The highest BCUT2D eigenvalue weighted by Gasteiger charge is 2.19. The van der Waals surface area contributed by atoms with Crippen molar-refractivity contribution in [2.75, 3.05) is 31.1 Å². The lowest BCUT2D eigenvalue weighted by Gasteiger charge is -2.29. The Morgan fingerprint density at radius 2 is 1.79 bits per heavy atom. The Hall–Kier alpha value is -3.58. The fourth-order valence-corrected chi connectivity index (χ4v) is 4.16. The van der Waals surface area contributed by atoms with Crippen molar-refractivity contribution in [3.05, 3.63) is 55.0 Å². The molecule has 6 rings (SSSR count). The first-order chi connectivity index (χ1) is 14.4. The highest BCUT2D eigenvalue weighted by Crippen LogP contribution is 2.34. The van der Waals surface area contributed by atoms with Crippen molar-refractivity contribution >= 4 is 38.7 Å². The summed E-state index contributed by atoms with van der Waals surface area (Å²) in [6, 6.07) is 12.3. The summed E-state index contributed by atoms with van der Waals surface area (Å²) in [5.41, 5.74) is 3.75. The van der Waals surface area contributed by atoms with Crippen LogP contribution in [0.4, 0.5) is 5.82 Å². The van der Waals surface area contributed by atoms with Crippen LogP contribution in [0.2, 0.25) is 0 Å². The van der Waals surface area contributed by atoms with Crippen LogP contribution < -0.4 is 10.2 Å². The van der Waals surface area contributed by atoms with Gasteiger partial charge in [-0.05, 0) is 18.2 Å². The molecule has 1 aromatic carbocycles. The topological polar surface area (TPSA) is 82.6 Å². The predicted octanol–water partition coefficient (Wildman–Crippen LogP) is 3.13. The third kappa shape index (κ3) is 2.62. The molecule has 0 spiro atoms. The van der Waals surface area contributed by atoms with E-state index in [2.05, 4.69) is 37.3 Å². The van der Waals surface area contributed by atoms with Crippen molar-refractivity contribution in [2.24, 2.45) is 0 Å². The molecule has 0 aliphatic carbocycles. The molecule has 2 N–H and O–H groups in total. The largest absolute Gasteiger partial charge is 0.353 e. The van der Waals surface area contributed by atoms with Gasteiger partial charge in [-0.25, -0.2) is 15.0 Å². The van der Waals surface area contributed by atoms with Crippen molar-refractivity contribution in [1.29, 1.82) is 0 Å². The van der Waals surface area contributed by atoms with E-state index in [9.17, 15) is 0 Å². The van der Waals surface area contributed by atoms with Gasteiger partial charge in [-0.15, -0.1) is 0 Å². The third-order valence-electron chi connectivity index (χ3n) is 5.54. The fourth-order valence-electron chi connectivity index (χ4n) is 4.16. The number of piperazine rings is 1. The van der Waals surface area contributed by atoms with Crippen LogP contribution >= 0.6 is 0 Å². The van der Waals surface area contributed by atoms with E-state index in [1.165, 1.54) is 0 Å². The molecule has 7 nitrogen and oxygen atoms in total. The SMILES string of the molecule is c1ccc2c(c1)[nH]c1nccc(-c3nc(N4CCNCC4)c4ccncc4n3)c12. The number of pyridine rings is 2. The van der Waals surface area contributed by atoms with E-state index in [1.54, 1.807) is 6.20 Å². The molecule has 142 valence electrons. The zero-order valence-electron chi connectivity index (χ0n) is 15.8. The van der Waals surface area contributed by atoms with Gasteiger partial charge in [0.1, 0.15) is 11.5 Å². The number of H-pyrrole nitrogens is 1. The van der Waals surface area contributed by atoms with Crippen molar-refractivity contribution < 1.29 is 0 Å². The predicted molar refractivity (Wildman–Crippen MR) is 115 cm³/mol. The van der Waals surface area contributed by atoms with Gasteiger partial charge in [0.2, 0.25) is 0 Å². The van der Waals surface area contributed by atoms with Gasteiger partial charge in [-0.1, -0.05) is 18.2 Å². The van der Waals surface area contributed by atoms with E-state index in [1.807, 2.05) is 36.7 Å². The van der Waals surface area contributed by atoms with Gasteiger partial charge in [0.25, 0.3) is 0 Å².